The van der Waals surface area contributed by atoms with Crippen molar-refractivity contribution in [1.29, 1.82) is 0 Å². The molecule has 6 heteroatoms. The Kier molecular flexibility index (Phi) is 3.85. The maximum atomic E-state index is 12.7. The maximum Gasteiger partial charge on any atom is 0.257 e. The first-order chi connectivity index (χ1) is 12.2. The molecule has 0 radical (unpaired) electrons. The Labute approximate surface area is 144 Å². The number of carbonyl (C=O) groups excluding carboxylic acids is 1. The predicted octanol–water partition coefficient (Wildman–Crippen LogP) is 3.31. The average molecular weight is 336 g/mol. The molecule has 1 aliphatic heterocycles. The first-order valence-electron chi connectivity index (χ1n) is 7.91. The van der Waals surface area contributed by atoms with Gasteiger partial charge >= 0.3 is 0 Å². The third-order valence-electron chi connectivity index (χ3n) is 4.02. The largest absolute Gasteiger partial charge is 0.454 e. The van der Waals surface area contributed by atoms with E-state index in [0.29, 0.717) is 35.1 Å². The molecule has 0 unspecified atom stereocenters. The highest BCUT2D eigenvalue weighted by Crippen LogP contribution is 2.37. The minimum atomic E-state index is -0.227. The number of nitrogens with zero attached hydrogens (tertiary/aromatic N) is 1. The molecule has 126 valence electrons. The summed E-state index contributed by atoms with van der Waals surface area (Å²) in [4.78, 5) is 12.7. The van der Waals surface area contributed by atoms with E-state index in [2.05, 4.69) is 10.5 Å². The molecule has 1 aliphatic rings. The summed E-state index contributed by atoms with van der Waals surface area (Å²) in [5.74, 6) is 1.49. The summed E-state index contributed by atoms with van der Waals surface area (Å²) in [5, 5.41) is 6.86. The number of carbonyl (C=O) groups is 1. The number of fused-ring (bicyclic) bond motifs is 1. The van der Waals surface area contributed by atoms with Gasteiger partial charge in [0, 0.05) is 12.1 Å². The van der Waals surface area contributed by atoms with Crippen LogP contribution in [0.3, 0.4) is 0 Å². The third kappa shape index (κ3) is 2.94. The molecular weight excluding hydrogens is 320 g/mol. The maximum absolute atomic E-state index is 12.7. The third-order valence-corrected chi connectivity index (χ3v) is 4.02. The average Bonchev–Trinajstić information content (AvgIpc) is 3.26. The highest BCUT2D eigenvalue weighted by atomic mass is 16.7. The summed E-state index contributed by atoms with van der Waals surface area (Å²) in [7, 11) is 0. The van der Waals surface area contributed by atoms with Gasteiger partial charge in [0.15, 0.2) is 17.3 Å². The Morgan fingerprint density at radius 2 is 1.92 bits per heavy atom. The van der Waals surface area contributed by atoms with Crippen LogP contribution in [-0.4, -0.2) is 17.9 Å². The smallest absolute Gasteiger partial charge is 0.257 e. The molecule has 2 aromatic carbocycles. The number of nitrogens with one attached hydrogen (secondary N) is 1. The molecule has 0 bridgehead atoms. The van der Waals surface area contributed by atoms with Crippen LogP contribution >= 0.6 is 0 Å². The molecule has 4 rings (SSSR count). The fraction of sp³-hybridized carbons (Fsp3) is 0.158. The van der Waals surface area contributed by atoms with Crippen LogP contribution in [0.1, 0.15) is 21.6 Å². The van der Waals surface area contributed by atoms with Gasteiger partial charge < -0.3 is 19.3 Å². The minimum absolute atomic E-state index is 0.193. The molecule has 25 heavy (non-hydrogen) atoms. The highest BCUT2D eigenvalue weighted by Gasteiger charge is 2.23. The Morgan fingerprint density at radius 1 is 1.12 bits per heavy atom. The van der Waals surface area contributed by atoms with Gasteiger partial charge in [-0.15, -0.1) is 0 Å². The number of amides is 1. The lowest BCUT2D eigenvalue weighted by Crippen LogP contribution is -2.23. The van der Waals surface area contributed by atoms with Gasteiger partial charge in [0.2, 0.25) is 6.79 Å². The second-order valence-electron chi connectivity index (χ2n) is 5.71. The zero-order valence-corrected chi connectivity index (χ0v) is 13.6. The van der Waals surface area contributed by atoms with E-state index in [1.54, 1.807) is 19.1 Å². The molecule has 1 amide bonds. The lowest BCUT2D eigenvalue weighted by atomic mass is 10.1. The molecule has 0 saturated carbocycles. The van der Waals surface area contributed by atoms with Crippen LogP contribution in [0.2, 0.25) is 0 Å². The molecule has 0 atom stereocenters. The molecule has 1 aromatic heterocycles. The van der Waals surface area contributed by atoms with Gasteiger partial charge in [-0.25, -0.2) is 0 Å². The number of aryl methyl sites for hydroxylation is 1. The number of aromatic nitrogens is 1. The van der Waals surface area contributed by atoms with Gasteiger partial charge in [0.05, 0.1) is 5.69 Å². The summed E-state index contributed by atoms with van der Waals surface area (Å²) in [6, 6.07) is 15.1. The van der Waals surface area contributed by atoms with E-state index in [0.717, 1.165) is 11.1 Å². The van der Waals surface area contributed by atoms with Crippen LogP contribution < -0.4 is 14.8 Å². The molecule has 6 nitrogen and oxygen atoms in total. The van der Waals surface area contributed by atoms with Crippen molar-refractivity contribution in [3.05, 3.63) is 65.4 Å². The van der Waals surface area contributed by atoms with Crippen LogP contribution in [0.4, 0.5) is 0 Å². The Bertz CT molecular complexity index is 918. The van der Waals surface area contributed by atoms with Crippen molar-refractivity contribution in [2.24, 2.45) is 0 Å². The normalized spacial score (nSPS) is 12.2. The summed E-state index contributed by atoms with van der Waals surface area (Å²) in [6.07, 6.45) is 0. The molecule has 0 spiro atoms. The van der Waals surface area contributed by atoms with Crippen molar-refractivity contribution in [1.82, 2.24) is 10.5 Å². The van der Waals surface area contributed by atoms with Gasteiger partial charge in [-0.05, 0) is 30.7 Å². The highest BCUT2D eigenvalue weighted by molar-refractivity contribution is 6.00. The number of benzene rings is 2. The lowest BCUT2D eigenvalue weighted by Gasteiger charge is -2.06. The number of hydrogen-bond acceptors (Lipinski definition) is 5. The summed E-state index contributed by atoms with van der Waals surface area (Å²) in [5.41, 5.74) is 2.71. The Hall–Kier alpha value is -3.28. The van der Waals surface area contributed by atoms with E-state index in [-0.39, 0.29) is 12.7 Å². The molecule has 0 aliphatic carbocycles. The molecular formula is C19H16N2O4. The number of ether oxygens (including phenoxy) is 2. The number of hydrogen-bond donors (Lipinski definition) is 1. The van der Waals surface area contributed by atoms with Gasteiger partial charge in [-0.1, -0.05) is 35.5 Å². The fourth-order valence-corrected chi connectivity index (χ4v) is 2.74. The monoisotopic (exact) mass is 336 g/mol. The van der Waals surface area contributed by atoms with Gasteiger partial charge in [-0.3, -0.25) is 4.79 Å². The lowest BCUT2D eigenvalue weighted by molar-refractivity contribution is 0.0950. The van der Waals surface area contributed by atoms with E-state index in [1.165, 1.54) is 0 Å². The fourth-order valence-electron chi connectivity index (χ4n) is 2.74. The second-order valence-corrected chi connectivity index (χ2v) is 5.71. The van der Waals surface area contributed by atoms with Crippen molar-refractivity contribution in [2.75, 3.05) is 6.79 Å². The van der Waals surface area contributed by atoms with Gasteiger partial charge in [0.1, 0.15) is 5.56 Å². The molecule has 0 saturated heterocycles. The number of rotatable bonds is 4. The predicted molar refractivity (Wildman–Crippen MR) is 90.4 cm³/mol. The zero-order valence-electron chi connectivity index (χ0n) is 13.6. The van der Waals surface area contributed by atoms with E-state index >= 15 is 0 Å². The summed E-state index contributed by atoms with van der Waals surface area (Å²) in [6.45, 7) is 2.38. The Balaban J connectivity index is 1.60. The first-order valence-corrected chi connectivity index (χ1v) is 7.91. The summed E-state index contributed by atoms with van der Waals surface area (Å²) < 4.78 is 16.1. The van der Waals surface area contributed by atoms with Crippen molar-refractivity contribution in [2.45, 2.75) is 13.5 Å². The van der Waals surface area contributed by atoms with E-state index < -0.39 is 0 Å². The van der Waals surface area contributed by atoms with Crippen LogP contribution in [-0.2, 0) is 6.54 Å². The van der Waals surface area contributed by atoms with Gasteiger partial charge in [-0.2, -0.15) is 0 Å². The van der Waals surface area contributed by atoms with E-state index in [4.69, 9.17) is 14.0 Å². The van der Waals surface area contributed by atoms with Gasteiger partial charge in [0.25, 0.3) is 5.91 Å². The standard InChI is InChI=1S/C19H16N2O4/c1-12-17(19(22)20-10-13-5-3-2-4-6-13)18(25-21-12)14-7-8-15-16(9-14)24-11-23-15/h2-9H,10-11H2,1H3,(H,20,22). The van der Waals surface area contributed by atoms with Crippen LogP contribution in [0.5, 0.6) is 11.5 Å². The van der Waals surface area contributed by atoms with Crippen LogP contribution in [0.15, 0.2) is 53.1 Å². The van der Waals surface area contributed by atoms with E-state index in [9.17, 15) is 4.79 Å². The molecule has 1 N–H and O–H groups in total. The van der Waals surface area contributed by atoms with Crippen molar-refractivity contribution >= 4 is 5.91 Å². The van der Waals surface area contributed by atoms with Crippen LogP contribution in [0, 0.1) is 6.92 Å². The molecule has 3 aromatic rings. The second kappa shape index (κ2) is 6.32. The van der Waals surface area contributed by atoms with E-state index in [1.807, 2.05) is 36.4 Å². The zero-order chi connectivity index (χ0) is 17.2. The van der Waals surface area contributed by atoms with Crippen LogP contribution in [0.25, 0.3) is 11.3 Å². The molecule has 0 fully saturated rings. The Morgan fingerprint density at radius 3 is 2.76 bits per heavy atom. The first kappa shape index (κ1) is 15.3. The summed E-state index contributed by atoms with van der Waals surface area (Å²) >= 11 is 0. The van der Waals surface area contributed by atoms with Crippen molar-refractivity contribution < 1.29 is 18.8 Å². The molecule has 2 heterocycles. The van der Waals surface area contributed by atoms with Crippen molar-refractivity contribution in [3.8, 4) is 22.8 Å². The quantitative estimate of drug-likeness (QED) is 0.791. The minimum Gasteiger partial charge on any atom is -0.454 e. The SMILES string of the molecule is Cc1noc(-c2ccc3c(c2)OCO3)c1C(=O)NCc1ccccc1. The van der Waals surface area contributed by atoms with Crippen molar-refractivity contribution in [3.63, 3.8) is 0 Å². The topological polar surface area (TPSA) is 73.6 Å².